The minimum atomic E-state index is -3.83. The number of benzene rings is 1. The van der Waals surface area contributed by atoms with Crippen LogP contribution in [0.25, 0.3) is 0 Å². The quantitative estimate of drug-likeness (QED) is 0.788. The smallest absolute Gasteiger partial charge is 0.243 e. The number of sulfonamides is 1. The summed E-state index contributed by atoms with van der Waals surface area (Å²) in [5, 5.41) is 3.15. The summed E-state index contributed by atoms with van der Waals surface area (Å²) in [5.74, 6) is -0.463. The summed E-state index contributed by atoms with van der Waals surface area (Å²) in [6, 6.07) is 4.56. The number of carbonyl (C=O) groups excluding carboxylic acids is 1. The van der Waals surface area contributed by atoms with Gasteiger partial charge < -0.3 is 5.32 Å². The summed E-state index contributed by atoms with van der Waals surface area (Å²) >= 11 is 5.82. The lowest BCUT2D eigenvalue weighted by Crippen LogP contribution is -2.53. The van der Waals surface area contributed by atoms with Gasteiger partial charge in [-0.2, -0.15) is 4.31 Å². The zero-order valence-corrected chi connectivity index (χ0v) is 16.5. The van der Waals surface area contributed by atoms with Crippen molar-refractivity contribution in [1.82, 2.24) is 9.62 Å². The molecule has 1 aromatic carbocycles. The van der Waals surface area contributed by atoms with Gasteiger partial charge >= 0.3 is 0 Å². The minimum Gasteiger partial charge on any atom is -0.351 e. The van der Waals surface area contributed by atoms with Gasteiger partial charge in [0.1, 0.15) is 6.04 Å². The molecule has 7 nitrogen and oxygen atoms in total. The van der Waals surface area contributed by atoms with Crippen LogP contribution in [0, 0.1) is 0 Å². The Kier molecular flexibility index (Phi) is 5.62. The first-order chi connectivity index (χ1) is 12.2. The largest absolute Gasteiger partial charge is 0.351 e. The third-order valence-electron chi connectivity index (χ3n) is 4.76. The fraction of sp³-hybridized carbons (Fsp3) is 0.562. The van der Waals surface area contributed by atoms with Gasteiger partial charge in [0.05, 0.1) is 16.4 Å². The molecule has 2 saturated heterocycles. The lowest BCUT2D eigenvalue weighted by molar-refractivity contribution is -0.126. The van der Waals surface area contributed by atoms with Crippen molar-refractivity contribution in [2.24, 2.45) is 0 Å². The van der Waals surface area contributed by atoms with Crippen molar-refractivity contribution in [2.75, 3.05) is 18.1 Å². The molecule has 0 unspecified atom stereocenters. The molecule has 0 spiro atoms. The third kappa shape index (κ3) is 4.21. The van der Waals surface area contributed by atoms with E-state index in [0.717, 1.165) is 6.42 Å². The summed E-state index contributed by atoms with van der Waals surface area (Å²) < 4.78 is 50.3. The van der Waals surface area contributed by atoms with Crippen LogP contribution in [0.4, 0.5) is 0 Å². The van der Waals surface area contributed by atoms with Crippen LogP contribution in [-0.2, 0) is 24.7 Å². The SMILES string of the molecule is O=C(N[C@@H]1CCS(=O)(=O)C1)[C@@H]1CCCCN1S(=O)(=O)c1ccc(Cl)cc1. The molecule has 3 rings (SSSR count). The fourth-order valence-electron chi connectivity index (χ4n) is 3.40. The molecule has 1 aromatic rings. The lowest BCUT2D eigenvalue weighted by Gasteiger charge is -2.34. The number of carbonyl (C=O) groups is 1. The van der Waals surface area contributed by atoms with Gasteiger partial charge in [0.15, 0.2) is 9.84 Å². The molecule has 2 aliphatic rings. The molecule has 144 valence electrons. The van der Waals surface area contributed by atoms with Crippen molar-refractivity contribution in [2.45, 2.75) is 42.7 Å². The molecule has 1 amide bonds. The van der Waals surface area contributed by atoms with E-state index in [9.17, 15) is 21.6 Å². The van der Waals surface area contributed by atoms with E-state index < -0.39 is 37.9 Å². The summed E-state index contributed by atoms with van der Waals surface area (Å²) in [7, 11) is -6.95. The number of piperidine rings is 1. The van der Waals surface area contributed by atoms with E-state index >= 15 is 0 Å². The molecular formula is C16H21ClN2O5S2. The maximum absolute atomic E-state index is 13.0. The molecule has 0 aromatic heterocycles. The molecule has 2 heterocycles. The van der Waals surface area contributed by atoms with Crippen molar-refractivity contribution in [3.8, 4) is 0 Å². The summed E-state index contributed by atoms with van der Waals surface area (Å²) in [6.07, 6.45) is 2.20. The highest BCUT2D eigenvalue weighted by molar-refractivity contribution is 7.91. The van der Waals surface area contributed by atoms with Crippen LogP contribution in [0.15, 0.2) is 29.2 Å². The zero-order valence-electron chi connectivity index (χ0n) is 14.1. The second-order valence-electron chi connectivity index (χ2n) is 6.69. The van der Waals surface area contributed by atoms with Gasteiger partial charge in [-0.25, -0.2) is 16.8 Å². The molecule has 26 heavy (non-hydrogen) atoms. The lowest BCUT2D eigenvalue weighted by atomic mass is 10.0. The van der Waals surface area contributed by atoms with Gasteiger partial charge in [-0.15, -0.1) is 0 Å². The van der Waals surface area contributed by atoms with E-state index in [4.69, 9.17) is 11.6 Å². The Morgan fingerprint density at radius 3 is 2.46 bits per heavy atom. The topological polar surface area (TPSA) is 101 Å². The Morgan fingerprint density at radius 2 is 1.85 bits per heavy atom. The Hall–Kier alpha value is -1.16. The number of nitrogens with zero attached hydrogens (tertiary/aromatic N) is 1. The van der Waals surface area contributed by atoms with Crippen LogP contribution < -0.4 is 5.32 Å². The molecule has 0 aliphatic carbocycles. The molecular weight excluding hydrogens is 400 g/mol. The van der Waals surface area contributed by atoms with E-state index in [2.05, 4.69) is 5.32 Å². The predicted molar refractivity (Wildman–Crippen MR) is 98.2 cm³/mol. The van der Waals surface area contributed by atoms with Crippen LogP contribution in [0.1, 0.15) is 25.7 Å². The minimum absolute atomic E-state index is 0.0510. The van der Waals surface area contributed by atoms with E-state index in [1.54, 1.807) is 0 Å². The number of hydrogen-bond acceptors (Lipinski definition) is 5. The van der Waals surface area contributed by atoms with Crippen LogP contribution in [-0.4, -0.2) is 57.2 Å². The van der Waals surface area contributed by atoms with E-state index in [1.165, 1.54) is 28.6 Å². The summed E-state index contributed by atoms with van der Waals surface area (Å²) in [6.45, 7) is 0.256. The van der Waals surface area contributed by atoms with Crippen LogP contribution >= 0.6 is 11.6 Å². The first-order valence-electron chi connectivity index (χ1n) is 8.47. The van der Waals surface area contributed by atoms with Crippen molar-refractivity contribution in [3.05, 3.63) is 29.3 Å². The van der Waals surface area contributed by atoms with Crippen molar-refractivity contribution >= 4 is 37.4 Å². The zero-order chi connectivity index (χ0) is 18.9. The molecule has 1 N–H and O–H groups in total. The van der Waals surface area contributed by atoms with Crippen LogP contribution in [0.3, 0.4) is 0 Å². The van der Waals surface area contributed by atoms with Gasteiger partial charge in [0.2, 0.25) is 15.9 Å². The number of sulfone groups is 1. The molecule has 0 radical (unpaired) electrons. The monoisotopic (exact) mass is 420 g/mol. The Bertz CT molecular complexity index is 884. The highest BCUT2D eigenvalue weighted by atomic mass is 35.5. The van der Waals surface area contributed by atoms with Crippen molar-refractivity contribution < 1.29 is 21.6 Å². The van der Waals surface area contributed by atoms with Gasteiger partial charge in [-0.1, -0.05) is 18.0 Å². The van der Waals surface area contributed by atoms with E-state index in [1.807, 2.05) is 0 Å². The number of halogens is 1. The van der Waals surface area contributed by atoms with Crippen LogP contribution in [0.5, 0.6) is 0 Å². The van der Waals surface area contributed by atoms with E-state index in [0.29, 0.717) is 24.3 Å². The fourth-order valence-corrected chi connectivity index (χ4v) is 6.86. The first kappa shape index (κ1) is 19.6. The van der Waals surface area contributed by atoms with Gasteiger partial charge in [-0.3, -0.25) is 4.79 Å². The standard InChI is InChI=1S/C16H21ClN2O5S2/c17-12-4-6-14(7-5-12)26(23,24)19-9-2-1-3-15(19)16(20)18-13-8-10-25(21,22)11-13/h4-7,13,15H,1-3,8-11H2,(H,18,20)/t13-,15+/m1/s1. The van der Waals surface area contributed by atoms with E-state index in [-0.39, 0.29) is 22.9 Å². The second-order valence-corrected chi connectivity index (χ2v) is 11.2. The molecule has 2 atom stereocenters. The number of rotatable bonds is 4. The first-order valence-corrected chi connectivity index (χ1v) is 12.1. The number of nitrogens with one attached hydrogen (secondary N) is 1. The predicted octanol–water partition coefficient (Wildman–Crippen LogP) is 1.19. The number of amides is 1. The molecule has 2 aliphatic heterocycles. The summed E-state index contributed by atoms with van der Waals surface area (Å²) in [5.41, 5.74) is 0. The Morgan fingerprint density at radius 1 is 1.15 bits per heavy atom. The second kappa shape index (κ2) is 7.46. The average molecular weight is 421 g/mol. The highest BCUT2D eigenvalue weighted by Gasteiger charge is 2.39. The molecule has 0 saturated carbocycles. The highest BCUT2D eigenvalue weighted by Crippen LogP contribution is 2.26. The van der Waals surface area contributed by atoms with Crippen molar-refractivity contribution in [3.63, 3.8) is 0 Å². The molecule has 10 heteroatoms. The average Bonchev–Trinajstić information content (AvgIpc) is 2.93. The van der Waals surface area contributed by atoms with Gasteiger partial charge in [0.25, 0.3) is 0 Å². The van der Waals surface area contributed by atoms with Crippen molar-refractivity contribution in [1.29, 1.82) is 0 Å². The maximum Gasteiger partial charge on any atom is 0.243 e. The number of hydrogen-bond donors (Lipinski definition) is 1. The van der Waals surface area contributed by atoms with Gasteiger partial charge in [-0.05, 0) is 43.5 Å². The maximum atomic E-state index is 13.0. The Labute approximate surface area is 158 Å². The molecule has 0 bridgehead atoms. The Balaban J connectivity index is 1.79. The van der Waals surface area contributed by atoms with Crippen LogP contribution in [0.2, 0.25) is 5.02 Å². The normalized spacial score (nSPS) is 26.5. The van der Waals surface area contributed by atoms with Gasteiger partial charge in [0, 0.05) is 17.6 Å². The summed E-state index contributed by atoms with van der Waals surface area (Å²) in [4.78, 5) is 12.8. The third-order valence-corrected chi connectivity index (χ3v) is 8.70. The molecule has 2 fully saturated rings.